The molecule has 0 aliphatic carbocycles. The number of aromatic nitrogens is 1. The van der Waals surface area contributed by atoms with Gasteiger partial charge in [-0.05, 0) is 25.5 Å². The number of hydrogen-bond donors (Lipinski definition) is 2. The quantitative estimate of drug-likeness (QED) is 0.724. The van der Waals surface area contributed by atoms with Crippen molar-refractivity contribution in [2.24, 2.45) is 0 Å². The van der Waals surface area contributed by atoms with E-state index >= 15 is 0 Å². The van der Waals surface area contributed by atoms with Gasteiger partial charge in [0.25, 0.3) is 5.91 Å². The molecule has 18 heavy (non-hydrogen) atoms. The first kappa shape index (κ1) is 14.4. The zero-order valence-electron chi connectivity index (χ0n) is 11.2. The molecule has 0 saturated heterocycles. The second kappa shape index (κ2) is 7.66. The summed E-state index contributed by atoms with van der Waals surface area (Å²) in [6, 6.07) is 3.98. The first-order chi connectivity index (χ1) is 8.67. The average Bonchev–Trinajstić information content (AvgIpc) is 2.39. The van der Waals surface area contributed by atoms with Gasteiger partial charge in [0, 0.05) is 19.7 Å². The summed E-state index contributed by atoms with van der Waals surface area (Å²) >= 11 is 0. The van der Waals surface area contributed by atoms with Gasteiger partial charge in [-0.2, -0.15) is 0 Å². The molecule has 1 amide bonds. The molecule has 0 radical (unpaired) electrons. The van der Waals surface area contributed by atoms with Gasteiger partial charge in [-0.25, -0.2) is 4.98 Å². The van der Waals surface area contributed by atoms with Crippen molar-refractivity contribution in [2.75, 3.05) is 25.6 Å². The fourth-order valence-corrected chi connectivity index (χ4v) is 1.36. The van der Waals surface area contributed by atoms with E-state index < -0.39 is 0 Å². The van der Waals surface area contributed by atoms with Gasteiger partial charge in [0.2, 0.25) is 0 Å². The van der Waals surface area contributed by atoms with E-state index in [1.54, 1.807) is 19.4 Å². The molecule has 2 N–H and O–H groups in total. The van der Waals surface area contributed by atoms with E-state index in [1.807, 2.05) is 6.07 Å². The highest BCUT2D eigenvalue weighted by Crippen LogP contribution is 2.08. The van der Waals surface area contributed by atoms with Gasteiger partial charge in [0.1, 0.15) is 5.69 Å². The number of rotatable bonds is 7. The van der Waals surface area contributed by atoms with Gasteiger partial charge in [-0.3, -0.25) is 4.79 Å². The molecule has 0 bridgehead atoms. The fourth-order valence-electron chi connectivity index (χ4n) is 1.36. The summed E-state index contributed by atoms with van der Waals surface area (Å²) in [4.78, 5) is 15.8. The maximum atomic E-state index is 11.7. The Hall–Kier alpha value is -1.62. The molecule has 0 fully saturated rings. The van der Waals surface area contributed by atoms with Crippen LogP contribution in [0.15, 0.2) is 18.3 Å². The summed E-state index contributed by atoms with van der Waals surface area (Å²) in [5.41, 5.74) is 1.35. The Kier molecular flexibility index (Phi) is 6.14. The Morgan fingerprint density at radius 1 is 1.50 bits per heavy atom. The number of hydrogen-bond acceptors (Lipinski definition) is 4. The number of amides is 1. The molecule has 1 aromatic rings. The minimum absolute atomic E-state index is 0.179. The standard InChI is InChI=1S/C13H21N3O2/c1-4-10(2)16-11-5-6-12(15-9-11)13(17)14-7-8-18-3/h5-6,9-10,16H,4,7-8H2,1-3H3,(H,14,17). The van der Waals surface area contributed by atoms with Crippen LogP contribution in [-0.2, 0) is 4.74 Å². The highest BCUT2D eigenvalue weighted by atomic mass is 16.5. The van der Waals surface area contributed by atoms with Gasteiger partial charge in [-0.15, -0.1) is 0 Å². The lowest BCUT2D eigenvalue weighted by Gasteiger charge is -2.12. The molecule has 1 unspecified atom stereocenters. The zero-order chi connectivity index (χ0) is 13.4. The highest BCUT2D eigenvalue weighted by Gasteiger charge is 2.06. The molecule has 1 rings (SSSR count). The van der Waals surface area contributed by atoms with Crippen LogP contribution in [0.1, 0.15) is 30.8 Å². The molecule has 0 aliphatic heterocycles. The highest BCUT2D eigenvalue weighted by molar-refractivity contribution is 5.92. The molecule has 0 saturated carbocycles. The van der Waals surface area contributed by atoms with Gasteiger partial charge >= 0.3 is 0 Å². The molecule has 5 nitrogen and oxygen atoms in total. The van der Waals surface area contributed by atoms with Gasteiger partial charge in [-0.1, -0.05) is 6.92 Å². The molecule has 0 spiro atoms. The van der Waals surface area contributed by atoms with Crippen molar-refractivity contribution in [2.45, 2.75) is 26.3 Å². The van der Waals surface area contributed by atoms with E-state index in [-0.39, 0.29) is 5.91 Å². The third-order valence-electron chi connectivity index (χ3n) is 2.61. The maximum absolute atomic E-state index is 11.7. The van der Waals surface area contributed by atoms with Crippen LogP contribution in [0.2, 0.25) is 0 Å². The summed E-state index contributed by atoms with van der Waals surface area (Å²) in [7, 11) is 1.60. The minimum Gasteiger partial charge on any atom is -0.383 e. The Balaban J connectivity index is 2.51. The SMILES string of the molecule is CCC(C)Nc1ccc(C(=O)NCCOC)nc1. The Morgan fingerprint density at radius 2 is 2.28 bits per heavy atom. The molecule has 100 valence electrons. The summed E-state index contributed by atoms with van der Waals surface area (Å²) in [6.45, 7) is 5.21. The number of carbonyl (C=O) groups is 1. The van der Waals surface area contributed by atoms with Crippen molar-refractivity contribution in [3.8, 4) is 0 Å². The lowest BCUT2D eigenvalue weighted by Crippen LogP contribution is -2.27. The number of nitrogens with zero attached hydrogens (tertiary/aromatic N) is 1. The molecular formula is C13H21N3O2. The molecule has 1 atom stereocenters. The topological polar surface area (TPSA) is 63.2 Å². The number of methoxy groups -OCH3 is 1. The van der Waals surface area contributed by atoms with Crippen molar-refractivity contribution >= 4 is 11.6 Å². The predicted molar refractivity (Wildman–Crippen MR) is 71.8 cm³/mol. The molecule has 0 aromatic carbocycles. The summed E-state index contributed by atoms with van der Waals surface area (Å²) < 4.78 is 4.86. The smallest absolute Gasteiger partial charge is 0.269 e. The lowest BCUT2D eigenvalue weighted by atomic mass is 10.2. The van der Waals surface area contributed by atoms with Crippen LogP contribution in [0.25, 0.3) is 0 Å². The van der Waals surface area contributed by atoms with Crippen LogP contribution in [-0.4, -0.2) is 37.2 Å². The summed E-state index contributed by atoms with van der Waals surface area (Å²) in [6.07, 6.45) is 2.72. The van der Waals surface area contributed by atoms with E-state index in [1.165, 1.54) is 0 Å². The van der Waals surface area contributed by atoms with Crippen molar-refractivity contribution in [3.63, 3.8) is 0 Å². The summed E-state index contributed by atoms with van der Waals surface area (Å²) in [5, 5.41) is 6.02. The third-order valence-corrected chi connectivity index (χ3v) is 2.61. The van der Waals surface area contributed by atoms with Crippen LogP contribution < -0.4 is 10.6 Å². The minimum atomic E-state index is -0.179. The van der Waals surface area contributed by atoms with Crippen molar-refractivity contribution in [1.82, 2.24) is 10.3 Å². The number of pyridine rings is 1. The van der Waals surface area contributed by atoms with E-state index in [0.29, 0.717) is 24.9 Å². The summed E-state index contributed by atoms with van der Waals surface area (Å²) in [5.74, 6) is -0.179. The molecule has 1 aromatic heterocycles. The van der Waals surface area contributed by atoms with Crippen LogP contribution in [0.4, 0.5) is 5.69 Å². The maximum Gasteiger partial charge on any atom is 0.269 e. The zero-order valence-corrected chi connectivity index (χ0v) is 11.2. The molecule has 1 heterocycles. The number of carbonyl (C=O) groups excluding carboxylic acids is 1. The molecule has 5 heteroatoms. The normalized spacial score (nSPS) is 11.9. The number of ether oxygens (including phenoxy) is 1. The van der Waals surface area contributed by atoms with E-state index in [9.17, 15) is 4.79 Å². The Bertz CT molecular complexity index is 365. The van der Waals surface area contributed by atoms with Crippen LogP contribution in [0.5, 0.6) is 0 Å². The van der Waals surface area contributed by atoms with Gasteiger partial charge < -0.3 is 15.4 Å². The van der Waals surface area contributed by atoms with Crippen LogP contribution in [0, 0.1) is 0 Å². The van der Waals surface area contributed by atoms with Gasteiger partial charge in [0.15, 0.2) is 0 Å². The van der Waals surface area contributed by atoms with E-state index in [2.05, 4.69) is 29.5 Å². The lowest BCUT2D eigenvalue weighted by molar-refractivity contribution is 0.0932. The molecule has 0 aliphatic rings. The molecular weight excluding hydrogens is 230 g/mol. The number of nitrogens with one attached hydrogen (secondary N) is 2. The van der Waals surface area contributed by atoms with Crippen LogP contribution in [0.3, 0.4) is 0 Å². The second-order valence-electron chi connectivity index (χ2n) is 4.13. The largest absolute Gasteiger partial charge is 0.383 e. The fraction of sp³-hybridized carbons (Fsp3) is 0.538. The van der Waals surface area contributed by atoms with Crippen molar-refractivity contribution in [3.05, 3.63) is 24.0 Å². The first-order valence-corrected chi connectivity index (χ1v) is 6.17. The van der Waals surface area contributed by atoms with Crippen molar-refractivity contribution in [1.29, 1.82) is 0 Å². The monoisotopic (exact) mass is 251 g/mol. The number of anilines is 1. The van der Waals surface area contributed by atoms with Crippen molar-refractivity contribution < 1.29 is 9.53 Å². The first-order valence-electron chi connectivity index (χ1n) is 6.17. The average molecular weight is 251 g/mol. The second-order valence-corrected chi connectivity index (χ2v) is 4.13. The van der Waals surface area contributed by atoms with Gasteiger partial charge in [0.05, 0.1) is 18.5 Å². The third kappa shape index (κ3) is 4.71. The van der Waals surface area contributed by atoms with Crippen LogP contribution >= 0.6 is 0 Å². The Labute approximate surface area is 108 Å². The van der Waals surface area contributed by atoms with E-state index in [0.717, 1.165) is 12.1 Å². The predicted octanol–water partition coefficient (Wildman–Crippen LogP) is 1.67. The van der Waals surface area contributed by atoms with E-state index in [4.69, 9.17) is 4.74 Å². The Morgan fingerprint density at radius 3 is 2.83 bits per heavy atom.